The number of pyridine rings is 1. The van der Waals surface area contributed by atoms with Gasteiger partial charge in [0.05, 0.1) is 4.47 Å². The van der Waals surface area contributed by atoms with Crippen molar-refractivity contribution in [3.63, 3.8) is 0 Å². The highest BCUT2D eigenvalue weighted by Crippen LogP contribution is 2.32. The molecule has 0 bridgehead atoms. The minimum atomic E-state index is -0.339. The largest absolute Gasteiger partial charge is 0.275 e. The van der Waals surface area contributed by atoms with Crippen molar-refractivity contribution in [1.29, 1.82) is 0 Å². The van der Waals surface area contributed by atoms with E-state index in [1.165, 1.54) is 0 Å². The SMILES string of the molecule is CC1=C(C)C(=O)N(Nc2nc(C)c(C(C)(C)C)cc2Br)C1=O. The molecule has 0 unspecified atom stereocenters. The van der Waals surface area contributed by atoms with Crippen molar-refractivity contribution in [2.45, 2.75) is 47.0 Å². The third-order valence-corrected chi connectivity index (χ3v) is 4.41. The van der Waals surface area contributed by atoms with E-state index in [2.05, 4.69) is 47.1 Å². The van der Waals surface area contributed by atoms with Crippen LogP contribution < -0.4 is 5.43 Å². The topological polar surface area (TPSA) is 62.3 Å². The molecule has 0 fully saturated rings. The molecule has 1 N–H and O–H groups in total. The summed E-state index contributed by atoms with van der Waals surface area (Å²) in [6.07, 6.45) is 0. The highest BCUT2D eigenvalue weighted by molar-refractivity contribution is 9.10. The lowest BCUT2D eigenvalue weighted by atomic mass is 9.86. The first-order valence-corrected chi connectivity index (χ1v) is 7.84. The average Bonchev–Trinajstić information content (AvgIpc) is 2.59. The van der Waals surface area contributed by atoms with Crippen LogP contribution >= 0.6 is 15.9 Å². The zero-order valence-electron chi connectivity index (χ0n) is 13.7. The summed E-state index contributed by atoms with van der Waals surface area (Å²) < 4.78 is 0.714. The van der Waals surface area contributed by atoms with Gasteiger partial charge in [0, 0.05) is 16.8 Å². The average molecular weight is 366 g/mol. The smallest absolute Gasteiger partial charge is 0.271 e. The number of hydrogen-bond donors (Lipinski definition) is 1. The number of halogens is 1. The third kappa shape index (κ3) is 2.79. The van der Waals surface area contributed by atoms with Crippen LogP contribution in [-0.2, 0) is 15.0 Å². The molecule has 1 aromatic rings. The molecular formula is C16H20BrN3O2. The first kappa shape index (κ1) is 16.7. The van der Waals surface area contributed by atoms with Crippen molar-refractivity contribution < 1.29 is 9.59 Å². The summed E-state index contributed by atoms with van der Waals surface area (Å²) in [5.74, 6) is -0.225. The highest BCUT2D eigenvalue weighted by Gasteiger charge is 2.34. The van der Waals surface area contributed by atoms with Gasteiger partial charge < -0.3 is 0 Å². The number of anilines is 1. The molecular weight excluding hydrogens is 346 g/mol. The number of rotatable bonds is 2. The van der Waals surface area contributed by atoms with E-state index >= 15 is 0 Å². The van der Waals surface area contributed by atoms with Crippen LogP contribution in [0.2, 0.25) is 0 Å². The van der Waals surface area contributed by atoms with E-state index in [9.17, 15) is 9.59 Å². The Morgan fingerprint density at radius 2 is 1.59 bits per heavy atom. The number of carbonyl (C=O) groups excluding carboxylic acids is 2. The second kappa shape index (κ2) is 5.50. The first-order chi connectivity index (χ1) is 10.0. The number of imide groups is 1. The van der Waals surface area contributed by atoms with E-state index in [1.54, 1.807) is 13.8 Å². The Bertz CT molecular complexity index is 678. The molecule has 0 aromatic carbocycles. The van der Waals surface area contributed by atoms with Crippen molar-refractivity contribution >= 4 is 33.6 Å². The Morgan fingerprint density at radius 3 is 2.05 bits per heavy atom. The van der Waals surface area contributed by atoms with Crippen LogP contribution in [0, 0.1) is 6.92 Å². The van der Waals surface area contributed by atoms with Crippen LogP contribution in [0.4, 0.5) is 5.82 Å². The molecule has 22 heavy (non-hydrogen) atoms. The van der Waals surface area contributed by atoms with Crippen molar-refractivity contribution in [1.82, 2.24) is 9.99 Å². The van der Waals surface area contributed by atoms with Gasteiger partial charge in [-0.2, -0.15) is 5.01 Å². The van der Waals surface area contributed by atoms with Crippen LogP contribution in [0.15, 0.2) is 21.7 Å². The molecule has 6 heteroatoms. The number of carbonyl (C=O) groups is 2. The Morgan fingerprint density at radius 1 is 1.09 bits per heavy atom. The quantitative estimate of drug-likeness (QED) is 0.814. The standard InChI is InChI=1S/C16H20BrN3O2/c1-8-9(2)15(22)20(14(8)21)19-13-12(17)7-11(10(3)18-13)16(4,5)6/h7H,1-6H3,(H,18,19). The Hall–Kier alpha value is -1.69. The number of hydrogen-bond acceptors (Lipinski definition) is 4. The number of nitrogens with one attached hydrogen (secondary N) is 1. The van der Waals surface area contributed by atoms with E-state index < -0.39 is 0 Å². The van der Waals surface area contributed by atoms with Crippen molar-refractivity contribution in [2.24, 2.45) is 0 Å². The molecule has 118 valence electrons. The molecule has 0 aliphatic carbocycles. The Labute approximate surface area is 138 Å². The first-order valence-electron chi connectivity index (χ1n) is 7.04. The van der Waals surface area contributed by atoms with E-state index in [-0.39, 0.29) is 17.2 Å². The maximum Gasteiger partial charge on any atom is 0.275 e. The van der Waals surface area contributed by atoms with Crippen LogP contribution in [-0.4, -0.2) is 21.8 Å². The van der Waals surface area contributed by atoms with Gasteiger partial charge in [-0.25, -0.2) is 4.98 Å². The second-order valence-electron chi connectivity index (χ2n) is 6.51. The van der Waals surface area contributed by atoms with Crippen LogP contribution in [0.5, 0.6) is 0 Å². The predicted molar refractivity (Wildman–Crippen MR) is 89.2 cm³/mol. The fourth-order valence-electron chi connectivity index (χ4n) is 2.37. The molecule has 0 spiro atoms. The predicted octanol–water partition coefficient (Wildman–Crippen LogP) is 3.48. The maximum absolute atomic E-state index is 12.1. The fourth-order valence-corrected chi connectivity index (χ4v) is 2.78. The maximum atomic E-state index is 12.1. The van der Waals surface area contributed by atoms with Gasteiger partial charge in [0.25, 0.3) is 11.8 Å². The highest BCUT2D eigenvalue weighted by atomic mass is 79.9. The lowest BCUT2D eigenvalue weighted by Gasteiger charge is -2.24. The lowest BCUT2D eigenvalue weighted by Crippen LogP contribution is -2.37. The zero-order valence-corrected chi connectivity index (χ0v) is 15.3. The number of aryl methyl sites for hydroxylation is 1. The minimum Gasteiger partial charge on any atom is -0.271 e. The third-order valence-electron chi connectivity index (χ3n) is 3.80. The van der Waals surface area contributed by atoms with Crippen LogP contribution in [0.3, 0.4) is 0 Å². The molecule has 1 aromatic heterocycles. The summed E-state index contributed by atoms with van der Waals surface area (Å²) in [5.41, 5.74) is 5.66. The van der Waals surface area contributed by atoms with Crippen molar-refractivity contribution in [2.75, 3.05) is 5.43 Å². The molecule has 0 saturated carbocycles. The Balaban J connectivity index is 2.35. The summed E-state index contributed by atoms with van der Waals surface area (Å²) in [7, 11) is 0. The van der Waals surface area contributed by atoms with E-state index in [4.69, 9.17) is 0 Å². The zero-order chi connectivity index (χ0) is 16.8. The molecule has 0 radical (unpaired) electrons. The molecule has 2 amide bonds. The fraction of sp³-hybridized carbons (Fsp3) is 0.438. The molecule has 0 saturated heterocycles. The summed E-state index contributed by atoms with van der Waals surface area (Å²) in [5, 5.41) is 1.01. The van der Waals surface area contributed by atoms with E-state index in [0.29, 0.717) is 21.4 Å². The second-order valence-corrected chi connectivity index (χ2v) is 7.36. The summed E-state index contributed by atoms with van der Waals surface area (Å²) in [4.78, 5) is 28.7. The summed E-state index contributed by atoms with van der Waals surface area (Å²) in [6, 6.07) is 1.98. The Kier molecular flexibility index (Phi) is 4.17. The van der Waals surface area contributed by atoms with Crippen molar-refractivity contribution in [3.8, 4) is 0 Å². The van der Waals surface area contributed by atoms with Gasteiger partial charge in [-0.05, 0) is 53.7 Å². The summed E-state index contributed by atoms with van der Waals surface area (Å²) in [6.45, 7) is 11.5. The van der Waals surface area contributed by atoms with Gasteiger partial charge >= 0.3 is 0 Å². The monoisotopic (exact) mass is 365 g/mol. The van der Waals surface area contributed by atoms with Gasteiger partial charge in [0.15, 0.2) is 5.82 Å². The van der Waals surface area contributed by atoms with Crippen molar-refractivity contribution in [3.05, 3.63) is 32.9 Å². The van der Waals surface area contributed by atoms with Gasteiger partial charge in [-0.1, -0.05) is 20.8 Å². The summed E-state index contributed by atoms with van der Waals surface area (Å²) >= 11 is 3.46. The molecule has 1 aliphatic heterocycles. The normalized spacial score (nSPS) is 15.9. The van der Waals surface area contributed by atoms with Gasteiger partial charge in [-0.3, -0.25) is 15.0 Å². The van der Waals surface area contributed by atoms with Gasteiger partial charge in [0.1, 0.15) is 0 Å². The number of hydrazine groups is 1. The lowest BCUT2D eigenvalue weighted by molar-refractivity contribution is -0.135. The van der Waals surface area contributed by atoms with E-state index in [1.807, 2.05) is 13.0 Å². The van der Waals surface area contributed by atoms with E-state index in [0.717, 1.165) is 16.3 Å². The number of amides is 2. The minimum absolute atomic E-state index is 0.0356. The van der Waals surface area contributed by atoms with Crippen LogP contribution in [0.25, 0.3) is 0 Å². The molecule has 2 rings (SSSR count). The van der Waals surface area contributed by atoms with Crippen LogP contribution in [0.1, 0.15) is 45.9 Å². The molecule has 5 nitrogen and oxygen atoms in total. The number of aromatic nitrogens is 1. The molecule has 2 heterocycles. The molecule has 1 aliphatic rings. The van der Waals surface area contributed by atoms with Gasteiger partial charge in [-0.15, -0.1) is 0 Å². The molecule has 0 atom stereocenters. The number of nitrogens with zero attached hydrogens (tertiary/aromatic N) is 2. The van der Waals surface area contributed by atoms with Gasteiger partial charge in [0.2, 0.25) is 0 Å².